The Morgan fingerprint density at radius 3 is 3.18 bits per heavy atom. The minimum Gasteiger partial charge on any atom is -0.459 e. The van der Waals surface area contributed by atoms with E-state index in [4.69, 9.17) is 4.42 Å². The number of rotatable bonds is 4. The average Bonchev–Trinajstić information content (AvgIpc) is 2.83. The predicted octanol–water partition coefficient (Wildman–Crippen LogP) is 2.14. The van der Waals surface area contributed by atoms with Gasteiger partial charge in [0.05, 0.1) is 18.1 Å². The number of furan rings is 1. The largest absolute Gasteiger partial charge is 0.459 e. The molecule has 88 valence electrons. The molecule has 1 amide bonds. The van der Waals surface area contributed by atoms with Crippen molar-refractivity contribution < 1.29 is 9.21 Å². The van der Waals surface area contributed by atoms with Gasteiger partial charge in [-0.15, -0.1) is 0 Å². The number of carbonyl (C=O) groups excluding carboxylic acids is 1. The molecule has 0 radical (unpaired) electrons. The molecule has 0 unspecified atom stereocenters. The van der Waals surface area contributed by atoms with Gasteiger partial charge in [0.15, 0.2) is 5.76 Å². The first-order valence-electron chi connectivity index (χ1n) is 5.68. The molecule has 0 aliphatic heterocycles. The van der Waals surface area contributed by atoms with Crippen LogP contribution >= 0.6 is 0 Å². The summed E-state index contributed by atoms with van der Waals surface area (Å²) in [6.07, 6.45) is 7.55. The Morgan fingerprint density at radius 1 is 1.59 bits per heavy atom. The lowest BCUT2D eigenvalue weighted by Crippen LogP contribution is -2.10. The van der Waals surface area contributed by atoms with E-state index in [1.165, 1.54) is 19.1 Å². The number of aromatic nitrogens is 2. The van der Waals surface area contributed by atoms with Crippen LogP contribution in [-0.2, 0) is 6.54 Å². The van der Waals surface area contributed by atoms with Crippen molar-refractivity contribution in [2.24, 2.45) is 5.92 Å². The monoisotopic (exact) mass is 231 g/mol. The molecule has 3 rings (SSSR count). The summed E-state index contributed by atoms with van der Waals surface area (Å²) in [7, 11) is 0. The summed E-state index contributed by atoms with van der Waals surface area (Å²) in [6, 6.07) is 3.31. The van der Waals surface area contributed by atoms with E-state index in [1.807, 2.05) is 10.9 Å². The molecule has 5 heteroatoms. The van der Waals surface area contributed by atoms with Crippen LogP contribution in [0.4, 0.5) is 5.69 Å². The SMILES string of the molecule is O=C(Nc1cnn(CC2CC2)c1)c1ccco1. The zero-order valence-corrected chi connectivity index (χ0v) is 9.30. The van der Waals surface area contributed by atoms with Gasteiger partial charge in [0.25, 0.3) is 5.91 Å². The molecular formula is C12H13N3O2. The summed E-state index contributed by atoms with van der Waals surface area (Å²) >= 11 is 0. The third-order valence-corrected chi connectivity index (χ3v) is 2.78. The lowest BCUT2D eigenvalue weighted by Gasteiger charge is -1.99. The Balaban J connectivity index is 1.64. The number of carbonyl (C=O) groups is 1. The number of amides is 1. The molecule has 2 aromatic rings. The smallest absolute Gasteiger partial charge is 0.291 e. The lowest BCUT2D eigenvalue weighted by atomic mass is 10.4. The standard InChI is InChI=1S/C12H13N3O2/c16-12(11-2-1-5-17-11)14-10-6-13-15(8-10)7-9-3-4-9/h1-2,5-6,8-9H,3-4,7H2,(H,14,16). The molecule has 2 heterocycles. The highest BCUT2D eigenvalue weighted by molar-refractivity contribution is 6.02. The second-order valence-corrected chi connectivity index (χ2v) is 4.33. The minimum atomic E-state index is -0.249. The molecule has 2 aromatic heterocycles. The fourth-order valence-corrected chi connectivity index (χ4v) is 1.69. The van der Waals surface area contributed by atoms with Crippen LogP contribution in [-0.4, -0.2) is 15.7 Å². The van der Waals surface area contributed by atoms with E-state index in [9.17, 15) is 4.79 Å². The normalized spacial score (nSPS) is 14.8. The van der Waals surface area contributed by atoms with Crippen LogP contribution in [0.3, 0.4) is 0 Å². The third-order valence-electron chi connectivity index (χ3n) is 2.78. The summed E-state index contributed by atoms with van der Waals surface area (Å²) in [5.74, 6) is 0.824. The molecule has 0 bridgehead atoms. The molecule has 1 fully saturated rings. The molecule has 0 aromatic carbocycles. The van der Waals surface area contributed by atoms with E-state index in [0.29, 0.717) is 11.4 Å². The Bertz CT molecular complexity index is 512. The van der Waals surface area contributed by atoms with Gasteiger partial charge in [-0.1, -0.05) is 0 Å². The van der Waals surface area contributed by atoms with Crippen LogP contribution in [0, 0.1) is 5.92 Å². The maximum atomic E-state index is 11.7. The highest BCUT2D eigenvalue weighted by Crippen LogP contribution is 2.30. The Morgan fingerprint density at radius 2 is 2.47 bits per heavy atom. The highest BCUT2D eigenvalue weighted by Gasteiger charge is 2.22. The van der Waals surface area contributed by atoms with Gasteiger partial charge in [0.1, 0.15) is 0 Å². The summed E-state index contributed by atoms with van der Waals surface area (Å²) in [5, 5.41) is 6.94. The molecule has 1 N–H and O–H groups in total. The zero-order valence-electron chi connectivity index (χ0n) is 9.30. The van der Waals surface area contributed by atoms with Gasteiger partial charge in [-0.2, -0.15) is 5.10 Å². The number of nitrogens with one attached hydrogen (secondary N) is 1. The van der Waals surface area contributed by atoms with E-state index in [-0.39, 0.29) is 5.91 Å². The number of hydrogen-bond acceptors (Lipinski definition) is 3. The first kappa shape index (κ1) is 10.1. The maximum Gasteiger partial charge on any atom is 0.291 e. The van der Waals surface area contributed by atoms with Crippen molar-refractivity contribution in [3.8, 4) is 0 Å². The average molecular weight is 231 g/mol. The molecule has 1 saturated carbocycles. The van der Waals surface area contributed by atoms with Crippen LogP contribution in [0.25, 0.3) is 0 Å². The topological polar surface area (TPSA) is 60.1 Å². The van der Waals surface area contributed by atoms with Gasteiger partial charge in [0, 0.05) is 12.7 Å². The Labute approximate surface area is 98.4 Å². The third kappa shape index (κ3) is 2.38. The summed E-state index contributed by atoms with van der Waals surface area (Å²) in [5.41, 5.74) is 0.701. The zero-order chi connectivity index (χ0) is 11.7. The van der Waals surface area contributed by atoms with Gasteiger partial charge in [-0.25, -0.2) is 0 Å². The summed E-state index contributed by atoms with van der Waals surface area (Å²) in [6.45, 7) is 0.941. The van der Waals surface area contributed by atoms with Gasteiger partial charge >= 0.3 is 0 Å². The first-order chi connectivity index (χ1) is 8.31. The van der Waals surface area contributed by atoms with Crippen LogP contribution in [0.15, 0.2) is 35.2 Å². The lowest BCUT2D eigenvalue weighted by molar-refractivity contribution is 0.0996. The summed E-state index contributed by atoms with van der Waals surface area (Å²) < 4.78 is 6.88. The Kier molecular flexibility index (Phi) is 2.44. The van der Waals surface area contributed by atoms with E-state index < -0.39 is 0 Å². The van der Waals surface area contributed by atoms with E-state index >= 15 is 0 Å². The van der Waals surface area contributed by atoms with Crippen molar-refractivity contribution in [2.45, 2.75) is 19.4 Å². The molecule has 0 spiro atoms. The maximum absolute atomic E-state index is 11.7. The van der Waals surface area contributed by atoms with E-state index in [0.717, 1.165) is 12.5 Å². The molecule has 0 saturated heterocycles. The fourth-order valence-electron chi connectivity index (χ4n) is 1.69. The molecule has 17 heavy (non-hydrogen) atoms. The molecule has 5 nitrogen and oxygen atoms in total. The molecule has 0 atom stereocenters. The van der Waals surface area contributed by atoms with E-state index in [1.54, 1.807) is 18.3 Å². The van der Waals surface area contributed by atoms with Crippen molar-refractivity contribution in [3.63, 3.8) is 0 Å². The number of anilines is 1. The van der Waals surface area contributed by atoms with Gasteiger partial charge in [-0.05, 0) is 30.9 Å². The number of hydrogen-bond donors (Lipinski definition) is 1. The van der Waals surface area contributed by atoms with Gasteiger partial charge in [-0.3, -0.25) is 9.48 Å². The van der Waals surface area contributed by atoms with E-state index in [2.05, 4.69) is 10.4 Å². The van der Waals surface area contributed by atoms with Crippen molar-refractivity contribution in [2.75, 3.05) is 5.32 Å². The van der Waals surface area contributed by atoms with Crippen LogP contribution < -0.4 is 5.32 Å². The van der Waals surface area contributed by atoms with Crippen LogP contribution in [0.5, 0.6) is 0 Å². The van der Waals surface area contributed by atoms with Gasteiger partial charge < -0.3 is 9.73 Å². The van der Waals surface area contributed by atoms with Gasteiger partial charge in [0.2, 0.25) is 0 Å². The van der Waals surface area contributed by atoms with Crippen molar-refractivity contribution in [3.05, 3.63) is 36.5 Å². The molecule has 1 aliphatic rings. The molecular weight excluding hydrogens is 218 g/mol. The number of nitrogens with zero attached hydrogens (tertiary/aromatic N) is 2. The van der Waals surface area contributed by atoms with Crippen LogP contribution in [0.1, 0.15) is 23.4 Å². The fraction of sp³-hybridized carbons (Fsp3) is 0.333. The predicted molar refractivity (Wildman–Crippen MR) is 61.6 cm³/mol. The quantitative estimate of drug-likeness (QED) is 0.876. The second-order valence-electron chi connectivity index (χ2n) is 4.33. The Hall–Kier alpha value is -2.04. The van der Waals surface area contributed by atoms with Crippen molar-refractivity contribution >= 4 is 11.6 Å². The van der Waals surface area contributed by atoms with Crippen LogP contribution in [0.2, 0.25) is 0 Å². The highest BCUT2D eigenvalue weighted by atomic mass is 16.3. The molecule has 1 aliphatic carbocycles. The summed E-state index contributed by atoms with van der Waals surface area (Å²) in [4.78, 5) is 11.7. The first-order valence-corrected chi connectivity index (χ1v) is 5.68. The minimum absolute atomic E-state index is 0.249. The van der Waals surface area contributed by atoms with Crippen molar-refractivity contribution in [1.82, 2.24) is 9.78 Å². The van der Waals surface area contributed by atoms with Crippen molar-refractivity contribution in [1.29, 1.82) is 0 Å². The second kappa shape index (κ2) is 4.08.